The summed E-state index contributed by atoms with van der Waals surface area (Å²) in [5.41, 5.74) is 0.103. The van der Waals surface area contributed by atoms with Gasteiger partial charge in [-0.2, -0.15) is 0 Å². The van der Waals surface area contributed by atoms with Crippen LogP contribution in [0.2, 0.25) is 0 Å². The quantitative estimate of drug-likeness (QED) is 0.413. The Morgan fingerprint density at radius 1 is 1.09 bits per heavy atom. The lowest BCUT2D eigenvalue weighted by molar-refractivity contribution is 0.102. The summed E-state index contributed by atoms with van der Waals surface area (Å²) >= 11 is 0. The van der Waals surface area contributed by atoms with E-state index in [4.69, 9.17) is 9.15 Å². The van der Waals surface area contributed by atoms with Crippen LogP contribution in [0.1, 0.15) is 16.1 Å². The van der Waals surface area contributed by atoms with Crippen molar-refractivity contribution >= 4 is 38.5 Å². The topological polar surface area (TPSA) is 140 Å². The van der Waals surface area contributed by atoms with Gasteiger partial charge in [-0.05, 0) is 49.4 Å². The monoisotopic (exact) mass is 466 g/mol. The van der Waals surface area contributed by atoms with Crippen molar-refractivity contribution in [3.63, 3.8) is 0 Å². The van der Waals surface area contributed by atoms with E-state index in [1.165, 1.54) is 43.6 Å². The molecule has 10 nitrogen and oxygen atoms in total. The Morgan fingerprint density at radius 2 is 1.85 bits per heavy atom. The molecule has 4 rings (SSSR count). The first-order chi connectivity index (χ1) is 15.8. The maximum absolute atomic E-state index is 12.6. The van der Waals surface area contributed by atoms with Crippen LogP contribution in [-0.4, -0.2) is 31.4 Å². The second-order valence-corrected chi connectivity index (χ2v) is 8.61. The van der Waals surface area contributed by atoms with E-state index in [9.17, 15) is 18.0 Å². The summed E-state index contributed by atoms with van der Waals surface area (Å²) in [5, 5.41) is 3.08. The first kappa shape index (κ1) is 22.0. The summed E-state index contributed by atoms with van der Waals surface area (Å²) < 4.78 is 37.8. The number of benzene rings is 2. The Hall–Kier alpha value is -4.25. The highest BCUT2D eigenvalue weighted by Crippen LogP contribution is 2.25. The molecule has 2 aromatic carbocycles. The van der Waals surface area contributed by atoms with Crippen LogP contribution in [0.25, 0.3) is 11.0 Å². The van der Waals surface area contributed by atoms with Gasteiger partial charge < -0.3 is 14.5 Å². The van der Waals surface area contributed by atoms with Gasteiger partial charge in [-0.25, -0.2) is 27.9 Å². The van der Waals surface area contributed by atoms with Crippen LogP contribution >= 0.6 is 0 Å². The minimum atomic E-state index is -3.93. The highest BCUT2D eigenvalue weighted by molar-refractivity contribution is 7.92. The summed E-state index contributed by atoms with van der Waals surface area (Å²) in [7, 11) is -2.48. The lowest BCUT2D eigenvalue weighted by atomic mass is 10.1. The molecule has 0 unspecified atom stereocenters. The normalized spacial score (nSPS) is 11.2. The van der Waals surface area contributed by atoms with E-state index >= 15 is 0 Å². The summed E-state index contributed by atoms with van der Waals surface area (Å²) in [6, 6.07) is 13.5. The van der Waals surface area contributed by atoms with Gasteiger partial charge in [-0.1, -0.05) is 12.1 Å². The van der Waals surface area contributed by atoms with Crippen molar-refractivity contribution in [1.29, 1.82) is 0 Å². The zero-order chi connectivity index (χ0) is 23.6. The zero-order valence-electron chi connectivity index (χ0n) is 17.5. The van der Waals surface area contributed by atoms with E-state index in [2.05, 4.69) is 20.0 Å². The van der Waals surface area contributed by atoms with Crippen LogP contribution in [0.15, 0.2) is 74.9 Å². The number of para-hydroxylation sites is 1. The molecule has 2 aromatic heterocycles. The van der Waals surface area contributed by atoms with E-state index in [0.717, 1.165) is 0 Å². The number of aromatic nitrogens is 2. The second kappa shape index (κ2) is 8.71. The minimum absolute atomic E-state index is 0.0490. The number of sulfonamides is 1. The maximum Gasteiger partial charge on any atom is 0.349 e. The van der Waals surface area contributed by atoms with E-state index in [0.29, 0.717) is 16.8 Å². The number of carbonyl (C=O) groups is 1. The van der Waals surface area contributed by atoms with E-state index in [-0.39, 0.29) is 27.7 Å². The van der Waals surface area contributed by atoms with Crippen LogP contribution < -0.4 is 20.4 Å². The van der Waals surface area contributed by atoms with Crippen molar-refractivity contribution in [2.45, 2.75) is 11.8 Å². The third-order valence-corrected chi connectivity index (χ3v) is 5.98. The number of aryl methyl sites for hydroxylation is 1. The highest BCUT2D eigenvalue weighted by Gasteiger charge is 2.18. The number of hydrogen-bond acceptors (Lipinski definition) is 8. The number of fused-ring (bicyclic) bond motifs is 1. The Labute approximate surface area is 188 Å². The average molecular weight is 466 g/mol. The second-order valence-electron chi connectivity index (χ2n) is 6.93. The highest BCUT2D eigenvalue weighted by atomic mass is 32.2. The van der Waals surface area contributed by atoms with E-state index < -0.39 is 21.6 Å². The van der Waals surface area contributed by atoms with Gasteiger partial charge in [0, 0.05) is 23.0 Å². The first-order valence-electron chi connectivity index (χ1n) is 9.61. The standard InChI is InChI=1S/C22H18N4O6S/c1-13-10-11-23-22(24-13)26-33(29,30)16-8-6-15(7-9-16)25-20(27)17-12-14-4-3-5-18(31-2)19(14)32-21(17)28/h3-12H,1-2H3,(H,25,27)(H,23,24,26). The van der Waals surface area contributed by atoms with Gasteiger partial charge in [0.15, 0.2) is 11.3 Å². The van der Waals surface area contributed by atoms with Crippen LogP contribution in [0.5, 0.6) is 5.75 Å². The van der Waals surface area contributed by atoms with E-state index in [1.807, 2.05) is 0 Å². The number of nitrogens with one attached hydrogen (secondary N) is 2. The van der Waals surface area contributed by atoms with Crippen molar-refractivity contribution in [1.82, 2.24) is 9.97 Å². The predicted octanol–water partition coefficient (Wildman–Crippen LogP) is 2.95. The molecule has 0 atom stereocenters. The predicted molar refractivity (Wildman–Crippen MR) is 121 cm³/mol. The van der Waals surface area contributed by atoms with Gasteiger partial charge in [0.1, 0.15) is 5.56 Å². The van der Waals surface area contributed by atoms with Gasteiger partial charge in [0.2, 0.25) is 5.95 Å². The molecule has 0 saturated carbocycles. The van der Waals surface area contributed by atoms with Crippen molar-refractivity contribution in [2.24, 2.45) is 0 Å². The van der Waals surface area contributed by atoms with Crippen LogP contribution in [-0.2, 0) is 10.0 Å². The van der Waals surface area contributed by atoms with Crippen molar-refractivity contribution in [3.05, 3.63) is 82.5 Å². The fourth-order valence-electron chi connectivity index (χ4n) is 3.03. The van der Waals surface area contributed by atoms with Gasteiger partial charge in [-0.15, -0.1) is 0 Å². The largest absolute Gasteiger partial charge is 0.493 e. The summed E-state index contributed by atoms with van der Waals surface area (Å²) in [5.74, 6) is -0.375. The zero-order valence-corrected chi connectivity index (χ0v) is 18.3. The SMILES string of the molecule is COc1cccc2cc(C(=O)Nc3ccc(S(=O)(=O)Nc4nccc(C)n4)cc3)c(=O)oc12. The Kier molecular flexibility index (Phi) is 5.80. The summed E-state index contributed by atoms with van der Waals surface area (Å²) in [6.45, 7) is 1.71. The van der Waals surface area contributed by atoms with Crippen LogP contribution in [0.3, 0.4) is 0 Å². The Morgan fingerprint density at radius 3 is 2.55 bits per heavy atom. The molecule has 0 aliphatic heterocycles. The Balaban J connectivity index is 1.54. The lowest BCUT2D eigenvalue weighted by Crippen LogP contribution is -2.21. The van der Waals surface area contributed by atoms with Gasteiger partial charge in [0.05, 0.1) is 12.0 Å². The summed E-state index contributed by atoms with van der Waals surface area (Å²) in [6.07, 6.45) is 1.44. The molecular weight excluding hydrogens is 448 g/mol. The average Bonchev–Trinajstić information content (AvgIpc) is 2.78. The van der Waals surface area contributed by atoms with Gasteiger partial charge >= 0.3 is 5.63 Å². The molecule has 0 spiro atoms. The molecule has 0 fully saturated rings. The molecule has 0 aliphatic rings. The molecular formula is C22H18N4O6S. The number of rotatable bonds is 6. The van der Waals surface area contributed by atoms with Crippen molar-refractivity contribution < 1.29 is 22.4 Å². The smallest absolute Gasteiger partial charge is 0.349 e. The number of methoxy groups -OCH3 is 1. The van der Waals surface area contributed by atoms with Crippen LogP contribution in [0.4, 0.5) is 11.6 Å². The molecule has 168 valence electrons. The molecule has 2 N–H and O–H groups in total. The lowest BCUT2D eigenvalue weighted by Gasteiger charge is -2.09. The van der Waals surface area contributed by atoms with E-state index in [1.54, 1.807) is 31.2 Å². The molecule has 11 heteroatoms. The fraction of sp³-hybridized carbons (Fsp3) is 0.0909. The number of ether oxygens (including phenoxy) is 1. The van der Waals surface area contributed by atoms with Gasteiger partial charge in [0.25, 0.3) is 15.9 Å². The molecule has 2 heterocycles. The number of hydrogen-bond donors (Lipinski definition) is 2. The first-order valence-corrected chi connectivity index (χ1v) is 11.1. The third-order valence-electron chi connectivity index (χ3n) is 4.63. The molecule has 0 aliphatic carbocycles. The number of amides is 1. The fourth-order valence-corrected chi connectivity index (χ4v) is 3.98. The number of nitrogens with zero attached hydrogens (tertiary/aromatic N) is 2. The third kappa shape index (κ3) is 4.67. The number of anilines is 2. The van der Waals surface area contributed by atoms with Crippen molar-refractivity contribution in [3.8, 4) is 5.75 Å². The molecule has 1 amide bonds. The molecule has 33 heavy (non-hydrogen) atoms. The molecule has 4 aromatic rings. The molecule has 0 bridgehead atoms. The van der Waals surface area contributed by atoms with Gasteiger partial charge in [-0.3, -0.25) is 4.79 Å². The Bertz CT molecular complexity index is 1510. The molecule has 0 saturated heterocycles. The minimum Gasteiger partial charge on any atom is -0.493 e. The number of carbonyl (C=O) groups excluding carboxylic acids is 1. The maximum atomic E-state index is 12.6. The molecule has 0 radical (unpaired) electrons. The van der Waals surface area contributed by atoms with Crippen molar-refractivity contribution in [2.75, 3.05) is 17.1 Å². The summed E-state index contributed by atoms with van der Waals surface area (Å²) in [4.78, 5) is 32.8. The van der Waals surface area contributed by atoms with Crippen LogP contribution in [0, 0.1) is 6.92 Å².